The van der Waals surface area contributed by atoms with Gasteiger partial charge in [-0.15, -0.1) is 0 Å². The van der Waals surface area contributed by atoms with Crippen molar-refractivity contribution in [2.75, 3.05) is 19.7 Å². The number of hydrogen-bond donors (Lipinski definition) is 2. The molecular weight excluding hydrogens is 208 g/mol. The Morgan fingerprint density at radius 3 is 2.94 bits per heavy atom. The van der Waals surface area contributed by atoms with Crippen molar-refractivity contribution in [3.05, 3.63) is 0 Å². The van der Waals surface area contributed by atoms with Gasteiger partial charge in [-0.1, -0.05) is 0 Å². The van der Waals surface area contributed by atoms with E-state index in [1.807, 2.05) is 4.90 Å². The summed E-state index contributed by atoms with van der Waals surface area (Å²) in [6.45, 7) is 1.68. The lowest BCUT2D eigenvalue weighted by molar-refractivity contribution is -0.133. The van der Waals surface area contributed by atoms with Crippen LogP contribution >= 0.6 is 0 Å². The van der Waals surface area contributed by atoms with Crippen LogP contribution in [0.1, 0.15) is 25.7 Å². The molecule has 0 aliphatic carbocycles. The Hall–Kier alpha value is -1.10. The molecule has 0 aromatic rings. The number of likely N-dealkylation sites (tertiary alicyclic amines) is 1. The van der Waals surface area contributed by atoms with Crippen LogP contribution < -0.4 is 5.32 Å². The monoisotopic (exact) mass is 226 g/mol. The van der Waals surface area contributed by atoms with Crippen LogP contribution in [0.15, 0.2) is 0 Å². The number of hydrogen-bond acceptors (Lipinski definition) is 3. The lowest BCUT2D eigenvalue weighted by atomic mass is 10.1. The van der Waals surface area contributed by atoms with Crippen LogP contribution in [0, 0.1) is 5.92 Å². The Morgan fingerprint density at radius 2 is 2.31 bits per heavy atom. The van der Waals surface area contributed by atoms with Gasteiger partial charge in [0.2, 0.25) is 11.8 Å². The Kier molecular flexibility index (Phi) is 3.43. The van der Waals surface area contributed by atoms with Gasteiger partial charge in [0.15, 0.2) is 0 Å². The molecule has 16 heavy (non-hydrogen) atoms. The van der Waals surface area contributed by atoms with Crippen molar-refractivity contribution in [3.63, 3.8) is 0 Å². The number of rotatable bonds is 3. The molecule has 2 atom stereocenters. The highest BCUT2D eigenvalue weighted by Crippen LogP contribution is 2.21. The van der Waals surface area contributed by atoms with Crippen molar-refractivity contribution in [2.45, 2.75) is 31.7 Å². The highest BCUT2D eigenvalue weighted by molar-refractivity contribution is 5.90. The molecule has 0 bridgehead atoms. The lowest BCUT2D eigenvalue weighted by Gasteiger charge is -2.20. The molecule has 5 heteroatoms. The summed E-state index contributed by atoms with van der Waals surface area (Å²) >= 11 is 0. The maximum absolute atomic E-state index is 12.0. The second-order valence-corrected chi connectivity index (χ2v) is 4.61. The van der Waals surface area contributed by atoms with E-state index in [1.165, 1.54) is 0 Å². The fourth-order valence-corrected chi connectivity index (χ4v) is 2.47. The Labute approximate surface area is 94.8 Å². The Balaban J connectivity index is 1.84. The van der Waals surface area contributed by atoms with E-state index in [2.05, 4.69) is 5.32 Å². The van der Waals surface area contributed by atoms with E-state index in [9.17, 15) is 9.59 Å². The van der Waals surface area contributed by atoms with Gasteiger partial charge < -0.3 is 15.3 Å². The quantitative estimate of drug-likeness (QED) is 0.681. The third kappa shape index (κ3) is 2.35. The summed E-state index contributed by atoms with van der Waals surface area (Å²) in [5.74, 6) is 0.446. The van der Waals surface area contributed by atoms with Crippen LogP contribution in [0.3, 0.4) is 0 Å². The third-order valence-electron chi connectivity index (χ3n) is 3.43. The second kappa shape index (κ2) is 4.82. The standard InChI is InChI=1S/C11H18N2O3/c14-6-4-8-3-5-13(7-8)11(16)9-1-2-10(15)12-9/h8-9,14H,1-7H2,(H,12,15)/t8?,9-/m0/s1. The minimum absolute atomic E-state index is 0.0237. The van der Waals surface area contributed by atoms with Crippen LogP contribution in [0.2, 0.25) is 0 Å². The molecule has 0 spiro atoms. The maximum atomic E-state index is 12.0. The Morgan fingerprint density at radius 1 is 1.50 bits per heavy atom. The van der Waals surface area contributed by atoms with E-state index < -0.39 is 0 Å². The zero-order valence-electron chi connectivity index (χ0n) is 9.32. The lowest BCUT2D eigenvalue weighted by Crippen LogP contribution is -2.43. The minimum Gasteiger partial charge on any atom is -0.396 e. The van der Waals surface area contributed by atoms with Crippen LogP contribution in [-0.4, -0.2) is 47.6 Å². The van der Waals surface area contributed by atoms with Gasteiger partial charge in [0.05, 0.1) is 0 Å². The normalized spacial score (nSPS) is 29.6. The first kappa shape index (κ1) is 11.4. The third-order valence-corrected chi connectivity index (χ3v) is 3.43. The van der Waals surface area contributed by atoms with Gasteiger partial charge in [-0.25, -0.2) is 0 Å². The summed E-state index contributed by atoms with van der Waals surface area (Å²) in [6.07, 6.45) is 2.82. The topological polar surface area (TPSA) is 69.6 Å². The zero-order chi connectivity index (χ0) is 11.5. The first-order valence-electron chi connectivity index (χ1n) is 5.89. The van der Waals surface area contributed by atoms with Gasteiger partial charge in [-0.2, -0.15) is 0 Å². The summed E-state index contributed by atoms with van der Waals surface area (Å²) in [5, 5.41) is 11.5. The summed E-state index contributed by atoms with van der Waals surface area (Å²) in [6, 6.07) is -0.305. The molecule has 0 aromatic carbocycles. The first-order valence-corrected chi connectivity index (χ1v) is 5.89. The highest BCUT2D eigenvalue weighted by Gasteiger charge is 2.34. The summed E-state index contributed by atoms with van der Waals surface area (Å²) in [4.78, 5) is 24.8. The maximum Gasteiger partial charge on any atom is 0.245 e. The van der Waals surface area contributed by atoms with Gasteiger partial charge >= 0.3 is 0 Å². The van der Waals surface area contributed by atoms with Crippen molar-refractivity contribution in [3.8, 4) is 0 Å². The summed E-state index contributed by atoms with van der Waals surface area (Å²) < 4.78 is 0. The van der Waals surface area contributed by atoms with Gasteiger partial charge in [-0.05, 0) is 25.2 Å². The number of aliphatic hydroxyl groups excluding tert-OH is 1. The number of amides is 2. The van der Waals surface area contributed by atoms with Gasteiger partial charge in [0.1, 0.15) is 6.04 Å². The predicted molar refractivity (Wildman–Crippen MR) is 57.6 cm³/mol. The van der Waals surface area contributed by atoms with Gasteiger partial charge in [-0.3, -0.25) is 9.59 Å². The molecule has 0 aromatic heterocycles. The van der Waals surface area contributed by atoms with Crippen molar-refractivity contribution in [2.24, 2.45) is 5.92 Å². The molecule has 2 aliphatic heterocycles. The van der Waals surface area contributed by atoms with E-state index in [4.69, 9.17) is 5.11 Å². The van der Waals surface area contributed by atoms with Crippen molar-refractivity contribution >= 4 is 11.8 Å². The molecule has 0 saturated carbocycles. The van der Waals surface area contributed by atoms with E-state index in [0.717, 1.165) is 25.9 Å². The van der Waals surface area contributed by atoms with E-state index in [1.54, 1.807) is 0 Å². The van der Waals surface area contributed by atoms with Crippen LogP contribution in [0.4, 0.5) is 0 Å². The van der Waals surface area contributed by atoms with Crippen LogP contribution in [0.25, 0.3) is 0 Å². The molecule has 2 heterocycles. The predicted octanol–water partition coefficient (Wildman–Crippen LogP) is -0.504. The highest BCUT2D eigenvalue weighted by atomic mass is 16.3. The van der Waals surface area contributed by atoms with E-state index >= 15 is 0 Å². The molecule has 2 saturated heterocycles. The molecule has 0 radical (unpaired) electrons. The largest absolute Gasteiger partial charge is 0.396 e. The average Bonchev–Trinajstić information content (AvgIpc) is 2.87. The first-order chi connectivity index (χ1) is 7.70. The number of aliphatic hydroxyl groups is 1. The number of nitrogens with one attached hydrogen (secondary N) is 1. The summed E-state index contributed by atoms with van der Waals surface area (Å²) in [7, 11) is 0. The Bertz CT molecular complexity index is 293. The molecule has 2 N–H and O–H groups in total. The van der Waals surface area contributed by atoms with E-state index in [0.29, 0.717) is 18.8 Å². The van der Waals surface area contributed by atoms with Crippen LogP contribution in [0.5, 0.6) is 0 Å². The van der Waals surface area contributed by atoms with Gasteiger partial charge in [0.25, 0.3) is 0 Å². The molecule has 90 valence electrons. The van der Waals surface area contributed by atoms with Crippen molar-refractivity contribution in [1.29, 1.82) is 0 Å². The molecule has 5 nitrogen and oxygen atoms in total. The molecule has 2 rings (SSSR count). The summed E-state index contributed by atoms with van der Waals surface area (Å²) in [5.41, 5.74) is 0. The number of carbonyl (C=O) groups excluding carboxylic acids is 2. The molecule has 1 unspecified atom stereocenters. The van der Waals surface area contributed by atoms with Crippen LogP contribution in [-0.2, 0) is 9.59 Å². The smallest absolute Gasteiger partial charge is 0.245 e. The fourth-order valence-electron chi connectivity index (χ4n) is 2.47. The zero-order valence-corrected chi connectivity index (χ0v) is 9.32. The van der Waals surface area contributed by atoms with Gasteiger partial charge in [0, 0.05) is 26.1 Å². The number of nitrogens with zero attached hydrogens (tertiary/aromatic N) is 1. The number of carbonyl (C=O) groups is 2. The van der Waals surface area contributed by atoms with E-state index in [-0.39, 0.29) is 24.5 Å². The molecule has 2 fully saturated rings. The average molecular weight is 226 g/mol. The van der Waals surface area contributed by atoms with Crippen molar-refractivity contribution in [1.82, 2.24) is 10.2 Å². The fraction of sp³-hybridized carbons (Fsp3) is 0.818. The molecule has 2 amide bonds. The SMILES string of the molecule is O=C1CC[C@@H](C(=O)N2CCC(CCO)C2)N1. The molecule has 2 aliphatic rings. The molecular formula is C11H18N2O3. The minimum atomic E-state index is -0.305. The second-order valence-electron chi connectivity index (χ2n) is 4.61. The van der Waals surface area contributed by atoms with Crippen molar-refractivity contribution < 1.29 is 14.7 Å².